The summed E-state index contributed by atoms with van der Waals surface area (Å²) >= 11 is 0. The molecule has 0 aliphatic carbocycles. The number of benzene rings is 1. The van der Waals surface area contributed by atoms with Crippen LogP contribution >= 0.6 is 7.26 Å². The molecule has 1 amide bonds. The number of carbonyl (C=O) groups excluding carboxylic acids is 1. The van der Waals surface area contributed by atoms with Crippen molar-refractivity contribution in [3.8, 4) is 5.75 Å². The number of rotatable bonds is 7. The summed E-state index contributed by atoms with van der Waals surface area (Å²) in [6.45, 7) is 8.59. The molecule has 3 nitrogen and oxygen atoms in total. The molecule has 0 bridgehead atoms. The molecular weight excluding hydrogens is 317 g/mol. The summed E-state index contributed by atoms with van der Waals surface area (Å²) in [5.74, 6) is 1.10. The molecule has 134 valence electrons. The lowest BCUT2D eigenvalue weighted by Crippen LogP contribution is -2.32. The molecule has 0 radical (unpaired) electrons. The van der Waals surface area contributed by atoms with Crippen molar-refractivity contribution < 1.29 is 9.53 Å². The van der Waals surface area contributed by atoms with Gasteiger partial charge in [0.15, 0.2) is 0 Å². The first kappa shape index (κ1) is 19.2. The number of hydrogen-bond donors (Lipinski definition) is 1. The van der Waals surface area contributed by atoms with Gasteiger partial charge < -0.3 is 10.1 Å². The maximum Gasteiger partial charge on any atom is 0.265 e. The number of anilines is 1. The molecule has 1 N–H and O–H groups in total. The molecule has 1 aromatic carbocycles. The first-order valence-electron chi connectivity index (χ1n) is 9.29. The van der Waals surface area contributed by atoms with Crippen molar-refractivity contribution in [2.75, 3.05) is 30.9 Å². The van der Waals surface area contributed by atoms with Crippen LogP contribution in [-0.2, 0) is 4.79 Å². The maximum atomic E-state index is 13.2. The van der Waals surface area contributed by atoms with Gasteiger partial charge in [-0.15, -0.1) is 0 Å². The molecule has 4 heteroatoms. The fraction of sp³-hybridized carbons (Fsp3) is 0.650. The average Bonchev–Trinajstić information content (AvgIpc) is 3.05. The van der Waals surface area contributed by atoms with Crippen LogP contribution in [0.5, 0.6) is 5.75 Å². The SMILES string of the molecule is CCCC(C(=O)Nc1c(C)cc(OC)cc1C)[P+]1(CC)CCCC1. The molecule has 1 fully saturated rings. The van der Waals surface area contributed by atoms with E-state index in [1.807, 2.05) is 26.0 Å². The van der Waals surface area contributed by atoms with Crippen LogP contribution in [0.2, 0.25) is 0 Å². The number of hydrogen-bond acceptors (Lipinski definition) is 2. The normalized spacial score (nSPS) is 17.5. The van der Waals surface area contributed by atoms with Crippen molar-refractivity contribution in [3.63, 3.8) is 0 Å². The van der Waals surface area contributed by atoms with E-state index < -0.39 is 7.26 Å². The Morgan fingerprint density at radius 3 is 2.25 bits per heavy atom. The van der Waals surface area contributed by atoms with Gasteiger partial charge in [0.25, 0.3) is 5.91 Å². The smallest absolute Gasteiger partial charge is 0.265 e. The Balaban J connectivity index is 2.25. The summed E-state index contributed by atoms with van der Waals surface area (Å²) in [6.07, 6.45) is 8.57. The third-order valence-corrected chi connectivity index (χ3v) is 11.1. The van der Waals surface area contributed by atoms with E-state index in [1.165, 1.54) is 31.3 Å². The van der Waals surface area contributed by atoms with Crippen LogP contribution in [0.25, 0.3) is 0 Å². The highest BCUT2D eigenvalue weighted by atomic mass is 31.2. The van der Waals surface area contributed by atoms with E-state index in [-0.39, 0.29) is 11.6 Å². The average molecular weight is 350 g/mol. The van der Waals surface area contributed by atoms with Crippen molar-refractivity contribution in [3.05, 3.63) is 23.3 Å². The van der Waals surface area contributed by atoms with Gasteiger partial charge in [-0.1, -0.05) is 13.3 Å². The van der Waals surface area contributed by atoms with E-state index in [4.69, 9.17) is 4.74 Å². The van der Waals surface area contributed by atoms with Gasteiger partial charge in [-0.05, 0) is 63.3 Å². The third kappa shape index (κ3) is 3.94. The Bertz CT molecular complexity index is 556. The lowest BCUT2D eigenvalue weighted by Gasteiger charge is -2.30. The zero-order valence-electron chi connectivity index (χ0n) is 15.9. The van der Waals surface area contributed by atoms with E-state index in [1.54, 1.807) is 7.11 Å². The van der Waals surface area contributed by atoms with Crippen LogP contribution in [0, 0.1) is 13.8 Å². The fourth-order valence-corrected chi connectivity index (χ4v) is 9.18. The summed E-state index contributed by atoms with van der Waals surface area (Å²) in [4.78, 5) is 13.2. The Morgan fingerprint density at radius 1 is 1.21 bits per heavy atom. The molecule has 1 heterocycles. The first-order valence-corrected chi connectivity index (χ1v) is 11.7. The summed E-state index contributed by atoms with van der Waals surface area (Å²) in [5.41, 5.74) is 3.35. The summed E-state index contributed by atoms with van der Waals surface area (Å²) in [6, 6.07) is 4.00. The molecule has 0 spiro atoms. The summed E-state index contributed by atoms with van der Waals surface area (Å²) in [7, 11) is 0.550. The van der Waals surface area contributed by atoms with Crippen molar-refractivity contribution in [2.24, 2.45) is 0 Å². The van der Waals surface area contributed by atoms with Gasteiger partial charge in [0.05, 0.1) is 25.6 Å². The monoisotopic (exact) mass is 350 g/mol. The topological polar surface area (TPSA) is 38.3 Å². The first-order chi connectivity index (χ1) is 11.5. The molecule has 1 aliphatic heterocycles. The lowest BCUT2D eigenvalue weighted by molar-refractivity contribution is -0.116. The molecule has 1 aromatic rings. The van der Waals surface area contributed by atoms with Crippen LogP contribution in [-0.4, -0.2) is 37.2 Å². The number of amides is 1. The largest absolute Gasteiger partial charge is 0.497 e. The molecule has 2 rings (SSSR count). The summed E-state index contributed by atoms with van der Waals surface area (Å²) in [5, 5.41) is 3.28. The van der Waals surface area contributed by atoms with Crippen molar-refractivity contribution >= 4 is 18.9 Å². The second-order valence-corrected chi connectivity index (χ2v) is 11.7. The van der Waals surface area contributed by atoms with Crippen LogP contribution in [0.15, 0.2) is 12.1 Å². The van der Waals surface area contributed by atoms with Crippen LogP contribution in [0.3, 0.4) is 0 Å². The molecule has 1 aliphatic rings. The molecule has 24 heavy (non-hydrogen) atoms. The van der Waals surface area contributed by atoms with Crippen LogP contribution in [0.4, 0.5) is 5.69 Å². The van der Waals surface area contributed by atoms with Crippen molar-refractivity contribution in [1.82, 2.24) is 0 Å². The van der Waals surface area contributed by atoms with Crippen LogP contribution in [0.1, 0.15) is 50.7 Å². The maximum absolute atomic E-state index is 13.2. The van der Waals surface area contributed by atoms with E-state index >= 15 is 0 Å². The Morgan fingerprint density at radius 2 is 1.79 bits per heavy atom. The van der Waals surface area contributed by atoms with Gasteiger partial charge >= 0.3 is 0 Å². The zero-order valence-corrected chi connectivity index (χ0v) is 16.8. The second-order valence-electron chi connectivity index (χ2n) is 7.12. The van der Waals surface area contributed by atoms with Crippen LogP contribution < -0.4 is 10.1 Å². The second kappa shape index (κ2) is 8.34. The number of nitrogens with one attached hydrogen (secondary N) is 1. The zero-order chi connectivity index (χ0) is 17.7. The van der Waals surface area contributed by atoms with Gasteiger partial charge in [-0.3, -0.25) is 4.79 Å². The van der Waals surface area contributed by atoms with Crippen molar-refractivity contribution in [1.29, 1.82) is 0 Å². The summed E-state index contributed by atoms with van der Waals surface area (Å²) < 4.78 is 5.33. The lowest BCUT2D eigenvalue weighted by atomic mass is 10.1. The molecule has 1 unspecified atom stereocenters. The minimum absolute atomic E-state index is 0.232. The van der Waals surface area contributed by atoms with Gasteiger partial charge in [0.1, 0.15) is 11.4 Å². The predicted molar refractivity (Wildman–Crippen MR) is 106 cm³/mol. The Labute approximate surface area is 147 Å². The van der Waals surface area contributed by atoms with E-state index in [0.717, 1.165) is 35.4 Å². The molecular formula is C20H33NO2P+. The predicted octanol–water partition coefficient (Wildman–Crippen LogP) is 5.25. The van der Waals surface area contributed by atoms with Gasteiger partial charge in [0.2, 0.25) is 0 Å². The molecule has 1 atom stereocenters. The van der Waals surface area contributed by atoms with Gasteiger partial charge in [-0.2, -0.15) is 0 Å². The highest BCUT2D eigenvalue weighted by Gasteiger charge is 2.49. The van der Waals surface area contributed by atoms with E-state index in [9.17, 15) is 4.79 Å². The molecule has 0 saturated carbocycles. The fourth-order valence-electron chi connectivity index (χ4n) is 4.19. The molecule has 0 aromatic heterocycles. The Hall–Kier alpha value is -1.08. The van der Waals surface area contributed by atoms with E-state index in [2.05, 4.69) is 19.2 Å². The highest BCUT2D eigenvalue weighted by molar-refractivity contribution is 7.77. The minimum atomic E-state index is -1.13. The number of carbonyl (C=O) groups is 1. The minimum Gasteiger partial charge on any atom is -0.497 e. The van der Waals surface area contributed by atoms with Gasteiger partial charge in [0, 0.05) is 12.9 Å². The standard InChI is InChI=1S/C20H32NO2P/c1-6-10-18(24(7-2)11-8-9-12-24)20(22)21-19-15(3)13-17(23-5)14-16(19)4/h13-14,18H,6-12H2,1-5H3/p+1. The molecule has 1 saturated heterocycles. The van der Waals surface area contributed by atoms with Gasteiger partial charge in [-0.25, -0.2) is 0 Å². The Kier molecular flexibility index (Phi) is 6.69. The number of ether oxygens (including phenoxy) is 1. The van der Waals surface area contributed by atoms with E-state index in [0.29, 0.717) is 0 Å². The number of aryl methyl sites for hydroxylation is 2. The quantitative estimate of drug-likeness (QED) is 0.682. The highest BCUT2D eigenvalue weighted by Crippen LogP contribution is 2.68. The number of methoxy groups -OCH3 is 1. The van der Waals surface area contributed by atoms with Crippen molar-refractivity contribution in [2.45, 2.75) is 59.0 Å². The third-order valence-electron chi connectivity index (χ3n) is 5.60.